The van der Waals surface area contributed by atoms with Crippen LogP contribution in [0.1, 0.15) is 50.1 Å². The average molecular weight is 542 g/mol. The Morgan fingerprint density at radius 2 is 1.50 bits per heavy atom. The minimum absolute atomic E-state index is 0.0300. The highest BCUT2D eigenvalue weighted by Gasteiger charge is 2.45. The lowest BCUT2D eigenvalue weighted by atomic mass is 9.78. The Labute approximate surface area is 210 Å². The van der Waals surface area contributed by atoms with E-state index in [0.717, 1.165) is 24.1 Å². The first-order valence-corrected chi connectivity index (χ1v) is 11.1. The number of benzene rings is 3. The van der Waals surface area contributed by atoms with Crippen LogP contribution in [0.5, 0.6) is 0 Å². The maximum atomic E-state index is 14.1. The van der Waals surface area contributed by atoms with Gasteiger partial charge in [-0.2, -0.15) is 26.3 Å². The third-order valence-electron chi connectivity index (χ3n) is 6.28. The van der Waals surface area contributed by atoms with E-state index in [1.54, 1.807) is 0 Å². The van der Waals surface area contributed by atoms with Crippen molar-refractivity contribution in [2.24, 2.45) is 0 Å². The zero-order chi connectivity index (χ0) is 28.0. The van der Waals surface area contributed by atoms with E-state index in [9.17, 15) is 44.7 Å². The zero-order valence-corrected chi connectivity index (χ0v) is 19.4. The van der Waals surface area contributed by atoms with Crippen LogP contribution >= 0.6 is 0 Å². The second-order valence-corrected chi connectivity index (χ2v) is 8.72. The lowest BCUT2D eigenvalue weighted by Crippen LogP contribution is -2.45. The molecule has 1 aliphatic heterocycles. The summed E-state index contributed by atoms with van der Waals surface area (Å²) < 4.78 is 109. The van der Waals surface area contributed by atoms with E-state index in [1.165, 1.54) is 24.3 Å². The van der Waals surface area contributed by atoms with Gasteiger partial charge in [-0.15, -0.1) is 0 Å². The van der Waals surface area contributed by atoms with E-state index < -0.39 is 71.0 Å². The predicted octanol–water partition coefficient (Wildman–Crippen LogP) is 6.23. The fraction of sp³-hybridized carbons (Fsp3) is 0.231. The van der Waals surface area contributed by atoms with E-state index in [1.807, 2.05) is 0 Å². The molecule has 0 aliphatic carbocycles. The molecule has 0 radical (unpaired) electrons. The van der Waals surface area contributed by atoms with Gasteiger partial charge >= 0.3 is 12.4 Å². The fourth-order valence-electron chi connectivity index (χ4n) is 4.48. The van der Waals surface area contributed by atoms with Gasteiger partial charge in [0.1, 0.15) is 11.6 Å². The number of carbonyl (C=O) groups excluding carboxylic acids is 2. The molecule has 38 heavy (non-hydrogen) atoms. The summed E-state index contributed by atoms with van der Waals surface area (Å²) in [6, 6.07) is 7.64. The number of rotatable bonds is 4. The summed E-state index contributed by atoms with van der Waals surface area (Å²) in [5, 5.41) is 2.41. The van der Waals surface area contributed by atoms with Crippen LogP contribution < -0.4 is 5.32 Å². The van der Waals surface area contributed by atoms with Gasteiger partial charge in [-0.05, 0) is 41.5 Å². The van der Waals surface area contributed by atoms with Gasteiger partial charge in [0.2, 0.25) is 5.91 Å². The van der Waals surface area contributed by atoms with Crippen molar-refractivity contribution in [3.8, 4) is 0 Å². The summed E-state index contributed by atoms with van der Waals surface area (Å²) in [5.41, 5.74) is -3.77. The van der Waals surface area contributed by atoms with Crippen molar-refractivity contribution in [2.45, 2.75) is 30.9 Å². The Hall–Kier alpha value is -3.96. The fourth-order valence-corrected chi connectivity index (χ4v) is 4.48. The molecule has 1 heterocycles. The van der Waals surface area contributed by atoms with Crippen LogP contribution in [0.25, 0.3) is 0 Å². The number of hydrogen-bond acceptors (Lipinski definition) is 2. The van der Waals surface area contributed by atoms with Crippen molar-refractivity contribution in [3.63, 3.8) is 0 Å². The molecule has 0 bridgehead atoms. The van der Waals surface area contributed by atoms with Gasteiger partial charge in [0, 0.05) is 30.8 Å². The maximum absolute atomic E-state index is 14.1. The number of likely N-dealkylation sites (N-methyl/N-ethyl adjacent to an activating group) is 1. The van der Waals surface area contributed by atoms with Gasteiger partial charge in [0.15, 0.2) is 0 Å². The first-order chi connectivity index (χ1) is 17.7. The Bertz CT molecular complexity index is 1370. The SMILES string of the molecule is CN1C(=O)c2ccccc2C(C(=O)NCc2ccc(F)cc2F)C1c1cc(C(F)(F)F)cc(C(F)(F)F)c1. The number of nitrogens with one attached hydrogen (secondary N) is 1. The quantitative estimate of drug-likeness (QED) is 0.398. The molecule has 1 N–H and O–H groups in total. The minimum atomic E-state index is -5.15. The number of fused-ring (bicyclic) bond motifs is 1. The Morgan fingerprint density at radius 1 is 0.895 bits per heavy atom. The molecule has 4 rings (SSSR count). The molecule has 200 valence electrons. The Morgan fingerprint density at radius 3 is 2.08 bits per heavy atom. The second-order valence-electron chi connectivity index (χ2n) is 8.72. The molecular formula is C26H18F8N2O2. The second kappa shape index (κ2) is 9.73. The van der Waals surface area contributed by atoms with E-state index in [2.05, 4.69) is 5.32 Å². The molecule has 3 aromatic rings. The molecule has 0 saturated carbocycles. The lowest BCUT2D eigenvalue weighted by molar-refractivity contribution is -0.143. The Kier molecular flexibility index (Phi) is 6.94. The molecular weight excluding hydrogens is 524 g/mol. The van der Waals surface area contributed by atoms with Crippen molar-refractivity contribution < 1.29 is 44.7 Å². The van der Waals surface area contributed by atoms with E-state index in [4.69, 9.17) is 0 Å². The number of hydrogen-bond donors (Lipinski definition) is 1. The van der Waals surface area contributed by atoms with Gasteiger partial charge in [-0.3, -0.25) is 9.59 Å². The molecule has 2 unspecified atom stereocenters. The molecule has 3 aromatic carbocycles. The van der Waals surface area contributed by atoms with E-state index in [0.29, 0.717) is 18.2 Å². The van der Waals surface area contributed by atoms with Gasteiger partial charge in [0.25, 0.3) is 5.91 Å². The third-order valence-corrected chi connectivity index (χ3v) is 6.28. The molecule has 2 amide bonds. The molecule has 1 aliphatic rings. The highest BCUT2D eigenvalue weighted by molar-refractivity contribution is 6.01. The number of halogens is 8. The topological polar surface area (TPSA) is 49.4 Å². The molecule has 12 heteroatoms. The predicted molar refractivity (Wildman–Crippen MR) is 119 cm³/mol. The number of carbonyl (C=O) groups is 2. The normalized spacial score (nSPS) is 17.8. The number of amides is 2. The largest absolute Gasteiger partial charge is 0.416 e. The van der Waals surface area contributed by atoms with Crippen molar-refractivity contribution in [1.29, 1.82) is 0 Å². The molecule has 4 nitrogen and oxygen atoms in total. The summed E-state index contributed by atoms with van der Waals surface area (Å²) in [5.74, 6) is -4.89. The monoisotopic (exact) mass is 542 g/mol. The van der Waals surface area contributed by atoms with E-state index in [-0.39, 0.29) is 22.8 Å². The van der Waals surface area contributed by atoms with Crippen molar-refractivity contribution >= 4 is 11.8 Å². The van der Waals surface area contributed by atoms with Crippen molar-refractivity contribution in [1.82, 2.24) is 10.2 Å². The minimum Gasteiger partial charge on any atom is -0.351 e. The van der Waals surface area contributed by atoms with Crippen LogP contribution in [0.4, 0.5) is 35.1 Å². The first kappa shape index (κ1) is 27.1. The molecule has 0 saturated heterocycles. The van der Waals surface area contributed by atoms with Gasteiger partial charge in [-0.1, -0.05) is 24.3 Å². The van der Waals surface area contributed by atoms with Crippen LogP contribution in [-0.4, -0.2) is 23.8 Å². The third kappa shape index (κ3) is 5.20. The highest BCUT2D eigenvalue weighted by Crippen LogP contribution is 2.45. The van der Waals surface area contributed by atoms with Crippen LogP contribution in [-0.2, 0) is 23.7 Å². The van der Waals surface area contributed by atoms with Crippen LogP contribution in [0.3, 0.4) is 0 Å². The summed E-state index contributed by atoms with van der Waals surface area (Å²) in [4.78, 5) is 27.4. The van der Waals surface area contributed by atoms with Crippen molar-refractivity contribution in [3.05, 3.63) is 106 Å². The number of alkyl halides is 6. The summed E-state index contributed by atoms with van der Waals surface area (Å²) in [7, 11) is 1.16. The van der Waals surface area contributed by atoms with Crippen LogP contribution in [0.15, 0.2) is 60.7 Å². The van der Waals surface area contributed by atoms with Crippen LogP contribution in [0.2, 0.25) is 0 Å². The standard InChI is InChI=1S/C26H18F8N2O2/c1-36-22(14-8-15(25(29,30)31)10-16(9-14)26(32,33)34)21(18-4-2-3-5-19(18)24(36)38)23(37)35-12-13-6-7-17(27)11-20(13)28/h2-11,21-22H,12H2,1H3,(H,35,37). The zero-order valence-electron chi connectivity index (χ0n) is 19.4. The molecule has 0 aromatic heterocycles. The molecule has 2 atom stereocenters. The van der Waals surface area contributed by atoms with Crippen molar-refractivity contribution in [2.75, 3.05) is 7.05 Å². The Balaban J connectivity index is 1.84. The number of nitrogens with zero attached hydrogens (tertiary/aromatic N) is 1. The molecule has 0 spiro atoms. The van der Waals surface area contributed by atoms with Gasteiger partial charge < -0.3 is 10.2 Å². The highest BCUT2D eigenvalue weighted by atomic mass is 19.4. The molecule has 0 fully saturated rings. The summed E-state index contributed by atoms with van der Waals surface area (Å²) >= 11 is 0. The maximum Gasteiger partial charge on any atom is 0.416 e. The lowest BCUT2D eigenvalue weighted by Gasteiger charge is -2.40. The van der Waals surface area contributed by atoms with Crippen LogP contribution in [0, 0.1) is 11.6 Å². The van der Waals surface area contributed by atoms with Gasteiger partial charge in [0.05, 0.1) is 23.1 Å². The summed E-state index contributed by atoms with van der Waals surface area (Å²) in [6.07, 6.45) is -10.3. The first-order valence-electron chi connectivity index (χ1n) is 11.1. The smallest absolute Gasteiger partial charge is 0.351 e. The van der Waals surface area contributed by atoms with Gasteiger partial charge in [-0.25, -0.2) is 8.78 Å². The average Bonchev–Trinajstić information content (AvgIpc) is 2.84. The summed E-state index contributed by atoms with van der Waals surface area (Å²) in [6.45, 7) is -0.454. The van der Waals surface area contributed by atoms with E-state index >= 15 is 0 Å².